The third kappa shape index (κ3) is 4.25. The minimum Gasteiger partial charge on any atom is -0.350 e. The fourth-order valence-corrected chi connectivity index (χ4v) is 2.63. The van der Waals surface area contributed by atoms with Crippen LogP contribution < -0.4 is 11.1 Å². The molecule has 0 bridgehead atoms. The van der Waals surface area contributed by atoms with E-state index in [2.05, 4.69) is 5.32 Å². The molecule has 1 saturated heterocycles. The molecule has 0 spiro atoms. The summed E-state index contributed by atoms with van der Waals surface area (Å²) < 4.78 is 26.2. The monoisotopic (exact) mass is 325 g/mol. The van der Waals surface area contributed by atoms with Gasteiger partial charge in [-0.3, -0.25) is 9.59 Å². The van der Waals surface area contributed by atoms with Crippen LogP contribution in [0.3, 0.4) is 0 Å². The Labute approximate surface area is 133 Å². The molecule has 0 saturated carbocycles. The Morgan fingerprint density at radius 1 is 1.43 bits per heavy atom. The van der Waals surface area contributed by atoms with E-state index in [0.29, 0.717) is 0 Å². The van der Waals surface area contributed by atoms with Gasteiger partial charge in [0, 0.05) is 13.0 Å². The lowest BCUT2D eigenvalue weighted by Crippen LogP contribution is -2.44. The van der Waals surface area contributed by atoms with Crippen molar-refractivity contribution in [3.8, 4) is 0 Å². The minimum atomic E-state index is -3.13. The van der Waals surface area contributed by atoms with Crippen molar-refractivity contribution < 1.29 is 18.4 Å². The van der Waals surface area contributed by atoms with E-state index in [1.54, 1.807) is 4.90 Å². The normalized spacial score (nSPS) is 19.7. The Bertz CT molecular complexity index is 566. The van der Waals surface area contributed by atoms with Gasteiger partial charge in [-0.05, 0) is 12.5 Å². The summed E-state index contributed by atoms with van der Waals surface area (Å²) in [5, 5.41) is 2.19. The highest BCUT2D eigenvalue weighted by atomic mass is 19.3. The highest BCUT2D eigenvalue weighted by molar-refractivity contribution is 5.89. The summed E-state index contributed by atoms with van der Waals surface area (Å²) in [5.41, 5.74) is 5.90. The number of carbonyl (C=O) groups is 2. The van der Waals surface area contributed by atoms with E-state index >= 15 is 0 Å². The van der Waals surface area contributed by atoms with Crippen molar-refractivity contribution in [3.05, 3.63) is 35.9 Å². The molecule has 2 amide bonds. The van der Waals surface area contributed by atoms with Gasteiger partial charge in [-0.2, -0.15) is 0 Å². The molecule has 2 atom stereocenters. The summed E-state index contributed by atoms with van der Waals surface area (Å²) in [5.74, 6) is -4.42. The zero-order chi connectivity index (χ0) is 17.0. The smallest absolute Gasteiger partial charge is 0.277 e. The summed E-state index contributed by atoms with van der Waals surface area (Å²) in [7, 11) is 0. The van der Waals surface area contributed by atoms with E-state index < -0.39 is 30.8 Å². The molecule has 1 aromatic rings. The van der Waals surface area contributed by atoms with Crippen molar-refractivity contribution >= 4 is 11.8 Å². The molecule has 0 aromatic heterocycles. The summed E-state index contributed by atoms with van der Waals surface area (Å²) in [6.07, 6.45) is 0.0389. The van der Waals surface area contributed by atoms with Crippen LogP contribution in [0.1, 0.15) is 24.9 Å². The second-order valence-corrected chi connectivity index (χ2v) is 5.81. The van der Waals surface area contributed by atoms with E-state index in [1.165, 1.54) is 0 Å². The molecule has 2 unspecified atom stereocenters. The van der Waals surface area contributed by atoms with Crippen LogP contribution >= 0.6 is 0 Å². The van der Waals surface area contributed by atoms with Gasteiger partial charge < -0.3 is 16.0 Å². The van der Waals surface area contributed by atoms with Crippen molar-refractivity contribution in [2.45, 2.75) is 25.3 Å². The van der Waals surface area contributed by atoms with Gasteiger partial charge in [0.05, 0.1) is 25.0 Å². The van der Waals surface area contributed by atoms with E-state index in [-0.39, 0.29) is 24.9 Å². The number of rotatable bonds is 6. The molecule has 1 heterocycles. The first-order valence-electron chi connectivity index (χ1n) is 7.54. The number of nitrogens with two attached hydrogens (primary N) is 1. The SMILES string of the molecule is CC(c1ccccc1)N1CC(C(=O)NCC(F)(F)CN)CC1=O. The average molecular weight is 325 g/mol. The first kappa shape index (κ1) is 17.3. The Morgan fingerprint density at radius 2 is 2.09 bits per heavy atom. The molecular weight excluding hydrogens is 304 g/mol. The highest BCUT2D eigenvalue weighted by Gasteiger charge is 2.38. The number of alkyl halides is 2. The van der Waals surface area contributed by atoms with Crippen LogP contribution in [0.4, 0.5) is 8.78 Å². The third-order valence-electron chi connectivity index (χ3n) is 4.10. The average Bonchev–Trinajstić information content (AvgIpc) is 2.94. The molecule has 1 aliphatic heterocycles. The molecule has 1 fully saturated rings. The van der Waals surface area contributed by atoms with Crippen LogP contribution in [-0.4, -0.2) is 42.3 Å². The molecule has 126 valence electrons. The maximum Gasteiger partial charge on any atom is 0.277 e. The maximum absolute atomic E-state index is 13.1. The van der Waals surface area contributed by atoms with Crippen molar-refractivity contribution in [1.29, 1.82) is 0 Å². The van der Waals surface area contributed by atoms with E-state index in [9.17, 15) is 18.4 Å². The molecule has 5 nitrogen and oxygen atoms in total. The summed E-state index contributed by atoms with van der Waals surface area (Å²) in [6.45, 7) is 0.486. The molecule has 3 N–H and O–H groups in total. The van der Waals surface area contributed by atoms with Crippen LogP contribution in [0.25, 0.3) is 0 Å². The number of nitrogens with zero attached hydrogens (tertiary/aromatic N) is 1. The van der Waals surface area contributed by atoms with Gasteiger partial charge in [0.15, 0.2) is 0 Å². The van der Waals surface area contributed by atoms with Crippen LogP contribution in [0.2, 0.25) is 0 Å². The predicted octanol–water partition coefficient (Wildman–Crippen LogP) is 1.31. The number of nitrogens with one attached hydrogen (secondary N) is 1. The lowest BCUT2D eigenvalue weighted by atomic mass is 10.1. The topological polar surface area (TPSA) is 75.4 Å². The number of hydrogen-bond donors (Lipinski definition) is 2. The van der Waals surface area contributed by atoms with Gasteiger partial charge in [-0.15, -0.1) is 0 Å². The van der Waals surface area contributed by atoms with Gasteiger partial charge in [0.25, 0.3) is 5.92 Å². The number of benzene rings is 1. The molecule has 2 rings (SSSR count). The molecule has 1 aromatic carbocycles. The van der Waals surface area contributed by atoms with E-state index in [4.69, 9.17) is 5.73 Å². The Balaban J connectivity index is 1.95. The Hall–Kier alpha value is -2.02. The first-order valence-corrected chi connectivity index (χ1v) is 7.54. The molecule has 0 aliphatic carbocycles. The predicted molar refractivity (Wildman–Crippen MR) is 81.7 cm³/mol. The second-order valence-electron chi connectivity index (χ2n) is 5.81. The number of carbonyl (C=O) groups excluding carboxylic acids is 2. The van der Waals surface area contributed by atoms with Gasteiger partial charge in [0.1, 0.15) is 0 Å². The van der Waals surface area contributed by atoms with Gasteiger partial charge in [0.2, 0.25) is 11.8 Å². The largest absolute Gasteiger partial charge is 0.350 e. The van der Waals surface area contributed by atoms with Crippen LogP contribution in [-0.2, 0) is 9.59 Å². The zero-order valence-electron chi connectivity index (χ0n) is 13.0. The summed E-state index contributed by atoms with van der Waals surface area (Å²) >= 11 is 0. The van der Waals surface area contributed by atoms with Crippen LogP contribution in [0.15, 0.2) is 30.3 Å². The number of likely N-dealkylation sites (tertiary alicyclic amines) is 1. The highest BCUT2D eigenvalue weighted by Crippen LogP contribution is 2.28. The fourth-order valence-electron chi connectivity index (χ4n) is 2.63. The Morgan fingerprint density at radius 3 is 2.70 bits per heavy atom. The lowest BCUT2D eigenvalue weighted by Gasteiger charge is -2.25. The fraction of sp³-hybridized carbons (Fsp3) is 0.500. The summed E-state index contributed by atoms with van der Waals surface area (Å²) in [6, 6.07) is 9.31. The number of hydrogen-bond acceptors (Lipinski definition) is 3. The van der Waals surface area contributed by atoms with Gasteiger partial charge in [-0.25, -0.2) is 8.78 Å². The van der Waals surface area contributed by atoms with Crippen LogP contribution in [0, 0.1) is 5.92 Å². The van der Waals surface area contributed by atoms with E-state index in [0.717, 1.165) is 5.56 Å². The lowest BCUT2D eigenvalue weighted by molar-refractivity contribution is -0.130. The first-order chi connectivity index (χ1) is 10.8. The number of amides is 2. The summed E-state index contributed by atoms with van der Waals surface area (Å²) in [4.78, 5) is 25.7. The molecular formula is C16H21F2N3O2. The Kier molecular flexibility index (Phi) is 5.30. The molecule has 23 heavy (non-hydrogen) atoms. The van der Waals surface area contributed by atoms with E-state index in [1.807, 2.05) is 37.3 Å². The van der Waals surface area contributed by atoms with Crippen molar-refractivity contribution in [2.75, 3.05) is 19.6 Å². The standard InChI is InChI=1S/C16H21F2N3O2/c1-11(12-5-3-2-4-6-12)21-8-13(7-14(21)22)15(23)20-10-16(17,18)9-19/h2-6,11,13H,7-10,19H2,1H3,(H,20,23). The molecule has 0 radical (unpaired) electrons. The quantitative estimate of drug-likeness (QED) is 0.828. The van der Waals surface area contributed by atoms with Crippen LogP contribution in [0.5, 0.6) is 0 Å². The maximum atomic E-state index is 13.1. The number of halogens is 2. The van der Waals surface area contributed by atoms with Gasteiger partial charge in [-0.1, -0.05) is 30.3 Å². The van der Waals surface area contributed by atoms with Crippen molar-refractivity contribution in [2.24, 2.45) is 11.7 Å². The third-order valence-corrected chi connectivity index (χ3v) is 4.10. The molecule has 1 aliphatic rings. The molecule has 7 heteroatoms. The zero-order valence-corrected chi connectivity index (χ0v) is 13.0. The second kappa shape index (κ2) is 7.04. The minimum absolute atomic E-state index is 0.0389. The van der Waals surface area contributed by atoms with Gasteiger partial charge >= 0.3 is 0 Å². The van der Waals surface area contributed by atoms with Crippen molar-refractivity contribution in [1.82, 2.24) is 10.2 Å². The van der Waals surface area contributed by atoms with Crippen molar-refractivity contribution in [3.63, 3.8) is 0 Å².